The van der Waals surface area contributed by atoms with Gasteiger partial charge in [0, 0.05) is 50.6 Å². The monoisotopic (exact) mass is 339 g/mol. The lowest BCUT2D eigenvalue weighted by Crippen LogP contribution is -2.51. The molecular formula is C19H21N3O3. The van der Waals surface area contributed by atoms with Crippen LogP contribution in [0.25, 0.3) is 0 Å². The van der Waals surface area contributed by atoms with Crippen molar-refractivity contribution in [3.8, 4) is 5.75 Å². The predicted molar refractivity (Wildman–Crippen MR) is 92.6 cm³/mol. The van der Waals surface area contributed by atoms with Gasteiger partial charge in [-0.05, 0) is 35.4 Å². The van der Waals surface area contributed by atoms with E-state index in [0.29, 0.717) is 44.8 Å². The molecule has 0 atom stereocenters. The molecule has 0 aliphatic carbocycles. The lowest BCUT2D eigenvalue weighted by atomic mass is 10.1. The first kappa shape index (κ1) is 15.7. The summed E-state index contributed by atoms with van der Waals surface area (Å²) in [6, 6.07) is 7.56. The second kappa shape index (κ2) is 6.63. The highest BCUT2D eigenvalue weighted by Crippen LogP contribution is 2.26. The van der Waals surface area contributed by atoms with Crippen molar-refractivity contribution < 1.29 is 14.3 Å². The number of nitrogens with one attached hydrogen (secondary N) is 1. The van der Waals surface area contributed by atoms with Gasteiger partial charge in [0.25, 0.3) is 5.91 Å². The number of aromatic nitrogens is 1. The summed E-state index contributed by atoms with van der Waals surface area (Å²) in [7, 11) is 0. The Kier molecular flexibility index (Phi) is 4.17. The minimum Gasteiger partial charge on any atom is -0.493 e. The van der Waals surface area contributed by atoms with Crippen molar-refractivity contribution >= 4 is 11.8 Å². The Labute approximate surface area is 146 Å². The number of H-pyrrole nitrogens is 1. The third kappa shape index (κ3) is 3.24. The summed E-state index contributed by atoms with van der Waals surface area (Å²) in [6.07, 6.45) is 4.93. The highest BCUT2D eigenvalue weighted by Gasteiger charge is 2.25. The maximum Gasteiger partial charge on any atom is 0.253 e. The van der Waals surface area contributed by atoms with Gasteiger partial charge < -0.3 is 19.5 Å². The molecule has 4 rings (SSSR count). The number of carbonyl (C=O) groups excluding carboxylic acids is 2. The number of fused-ring (bicyclic) bond motifs is 1. The van der Waals surface area contributed by atoms with Crippen LogP contribution in [0.3, 0.4) is 0 Å². The van der Waals surface area contributed by atoms with E-state index >= 15 is 0 Å². The van der Waals surface area contributed by atoms with Crippen LogP contribution in [0, 0.1) is 0 Å². The van der Waals surface area contributed by atoms with Crippen LogP contribution in [0.5, 0.6) is 5.75 Å². The molecule has 130 valence electrons. The van der Waals surface area contributed by atoms with Gasteiger partial charge in [-0.3, -0.25) is 9.59 Å². The number of aromatic amines is 1. The van der Waals surface area contributed by atoms with Gasteiger partial charge in [-0.2, -0.15) is 0 Å². The van der Waals surface area contributed by atoms with Crippen molar-refractivity contribution in [2.24, 2.45) is 0 Å². The standard InChI is InChI=1S/C19H21N3O3/c23-18(11-14-3-5-20-13-14)21-6-8-22(9-7-21)19(24)16-1-2-17-15(12-16)4-10-25-17/h1-3,5,12-13,20H,4,6-11H2. The second-order valence-corrected chi connectivity index (χ2v) is 6.49. The summed E-state index contributed by atoms with van der Waals surface area (Å²) in [5.41, 5.74) is 2.80. The highest BCUT2D eigenvalue weighted by molar-refractivity contribution is 5.95. The molecule has 2 aliphatic heterocycles. The van der Waals surface area contributed by atoms with Crippen LogP contribution in [0.2, 0.25) is 0 Å². The van der Waals surface area contributed by atoms with Gasteiger partial charge in [0.1, 0.15) is 5.75 Å². The number of hydrogen-bond acceptors (Lipinski definition) is 3. The number of rotatable bonds is 3. The third-order valence-corrected chi connectivity index (χ3v) is 4.87. The number of carbonyl (C=O) groups is 2. The quantitative estimate of drug-likeness (QED) is 0.921. The molecule has 6 heteroatoms. The average Bonchev–Trinajstić information content (AvgIpc) is 3.32. The van der Waals surface area contributed by atoms with Gasteiger partial charge in [0.05, 0.1) is 13.0 Å². The molecule has 0 spiro atoms. The van der Waals surface area contributed by atoms with Crippen molar-refractivity contribution in [1.82, 2.24) is 14.8 Å². The molecule has 1 aromatic carbocycles. The number of amides is 2. The van der Waals surface area contributed by atoms with Gasteiger partial charge >= 0.3 is 0 Å². The zero-order valence-corrected chi connectivity index (χ0v) is 14.0. The average molecular weight is 339 g/mol. The van der Waals surface area contributed by atoms with Crippen molar-refractivity contribution in [3.05, 3.63) is 53.3 Å². The van der Waals surface area contributed by atoms with E-state index in [2.05, 4.69) is 4.98 Å². The molecule has 0 unspecified atom stereocenters. The largest absolute Gasteiger partial charge is 0.493 e. The van der Waals surface area contributed by atoms with E-state index in [4.69, 9.17) is 4.74 Å². The lowest BCUT2D eigenvalue weighted by Gasteiger charge is -2.35. The Morgan fingerprint density at radius 2 is 1.88 bits per heavy atom. The van der Waals surface area contributed by atoms with E-state index in [0.717, 1.165) is 23.3 Å². The molecule has 1 fully saturated rings. The van der Waals surface area contributed by atoms with E-state index in [1.54, 1.807) is 0 Å². The molecule has 25 heavy (non-hydrogen) atoms. The Balaban J connectivity index is 1.35. The maximum absolute atomic E-state index is 12.7. The highest BCUT2D eigenvalue weighted by atomic mass is 16.5. The van der Waals surface area contributed by atoms with Crippen molar-refractivity contribution in [2.75, 3.05) is 32.8 Å². The van der Waals surface area contributed by atoms with Gasteiger partial charge in [-0.1, -0.05) is 0 Å². The van der Waals surface area contributed by atoms with Gasteiger partial charge in [0.2, 0.25) is 5.91 Å². The van der Waals surface area contributed by atoms with Gasteiger partial charge in [-0.15, -0.1) is 0 Å². The molecule has 1 saturated heterocycles. The first-order valence-corrected chi connectivity index (χ1v) is 8.65. The van der Waals surface area contributed by atoms with Crippen molar-refractivity contribution in [2.45, 2.75) is 12.8 Å². The van der Waals surface area contributed by atoms with E-state index in [9.17, 15) is 9.59 Å². The number of piperazine rings is 1. The molecule has 0 saturated carbocycles. The molecule has 1 aromatic heterocycles. The SMILES string of the molecule is O=C(Cc1cc[nH]c1)N1CCN(C(=O)c2ccc3c(c2)CCO3)CC1. The predicted octanol–water partition coefficient (Wildman–Crippen LogP) is 1.48. The van der Waals surface area contributed by atoms with Crippen LogP contribution in [-0.4, -0.2) is 59.4 Å². The minimum atomic E-state index is 0.0347. The molecule has 2 aliphatic rings. The number of nitrogens with zero attached hydrogens (tertiary/aromatic N) is 2. The van der Waals surface area contributed by atoms with Crippen molar-refractivity contribution in [1.29, 1.82) is 0 Å². The summed E-state index contributed by atoms with van der Waals surface area (Å²) in [5, 5.41) is 0. The fourth-order valence-electron chi connectivity index (χ4n) is 3.42. The van der Waals surface area contributed by atoms with E-state index < -0.39 is 0 Å². The summed E-state index contributed by atoms with van der Waals surface area (Å²) >= 11 is 0. The number of hydrogen-bond donors (Lipinski definition) is 1. The maximum atomic E-state index is 12.7. The summed E-state index contributed by atoms with van der Waals surface area (Å²) in [5.74, 6) is 1.03. The van der Waals surface area contributed by atoms with Crippen LogP contribution < -0.4 is 4.74 Å². The van der Waals surface area contributed by atoms with Crippen LogP contribution in [0.1, 0.15) is 21.5 Å². The molecule has 6 nitrogen and oxygen atoms in total. The summed E-state index contributed by atoms with van der Waals surface area (Å²) in [4.78, 5) is 31.7. The smallest absolute Gasteiger partial charge is 0.253 e. The molecule has 2 aromatic rings. The molecular weight excluding hydrogens is 318 g/mol. The molecule has 0 bridgehead atoms. The van der Waals surface area contributed by atoms with Crippen molar-refractivity contribution in [3.63, 3.8) is 0 Å². The molecule has 3 heterocycles. The van der Waals surface area contributed by atoms with Crippen LogP contribution in [-0.2, 0) is 17.6 Å². The van der Waals surface area contributed by atoms with E-state index in [1.165, 1.54) is 0 Å². The molecule has 2 amide bonds. The Morgan fingerprint density at radius 1 is 1.08 bits per heavy atom. The summed E-state index contributed by atoms with van der Waals surface area (Å²) in [6.45, 7) is 3.01. The Bertz CT molecular complexity index is 777. The Hall–Kier alpha value is -2.76. The number of ether oxygens (including phenoxy) is 1. The van der Waals surface area contributed by atoms with Gasteiger partial charge in [-0.25, -0.2) is 0 Å². The fraction of sp³-hybridized carbons (Fsp3) is 0.368. The number of benzene rings is 1. The zero-order valence-electron chi connectivity index (χ0n) is 14.0. The van der Waals surface area contributed by atoms with Crippen LogP contribution in [0.15, 0.2) is 36.7 Å². The first-order chi connectivity index (χ1) is 12.2. The second-order valence-electron chi connectivity index (χ2n) is 6.49. The van der Waals surface area contributed by atoms with Crippen LogP contribution >= 0.6 is 0 Å². The summed E-state index contributed by atoms with van der Waals surface area (Å²) < 4.78 is 5.49. The third-order valence-electron chi connectivity index (χ3n) is 4.87. The fourth-order valence-corrected chi connectivity index (χ4v) is 3.42. The first-order valence-electron chi connectivity index (χ1n) is 8.65. The van der Waals surface area contributed by atoms with Crippen LogP contribution in [0.4, 0.5) is 0 Å². The van der Waals surface area contributed by atoms with Gasteiger partial charge in [0.15, 0.2) is 0 Å². The normalized spacial score (nSPS) is 16.5. The van der Waals surface area contributed by atoms with E-state index in [-0.39, 0.29) is 11.8 Å². The Morgan fingerprint density at radius 3 is 2.64 bits per heavy atom. The molecule has 0 radical (unpaired) electrons. The van der Waals surface area contributed by atoms with E-state index in [1.807, 2.05) is 46.5 Å². The topological polar surface area (TPSA) is 65.6 Å². The molecule has 1 N–H and O–H groups in total. The zero-order chi connectivity index (χ0) is 17.2. The minimum absolute atomic E-state index is 0.0347. The lowest BCUT2D eigenvalue weighted by molar-refractivity contribution is -0.131.